The number of fused-ring (bicyclic) bond motifs is 1. The van der Waals surface area contributed by atoms with Crippen LogP contribution in [0.4, 0.5) is 0 Å². The molecule has 132 valence electrons. The van der Waals surface area contributed by atoms with E-state index in [4.69, 9.17) is 11.6 Å². The summed E-state index contributed by atoms with van der Waals surface area (Å²) in [7, 11) is 0. The van der Waals surface area contributed by atoms with E-state index in [0.29, 0.717) is 5.75 Å². The zero-order chi connectivity index (χ0) is 17.6. The third-order valence-electron chi connectivity index (χ3n) is 4.70. The number of amides is 1. The van der Waals surface area contributed by atoms with E-state index in [1.807, 2.05) is 24.3 Å². The topological polar surface area (TPSA) is 29.1 Å². The fourth-order valence-electron chi connectivity index (χ4n) is 3.26. The Labute approximate surface area is 159 Å². The molecule has 0 aromatic heterocycles. The highest BCUT2D eigenvalue weighted by molar-refractivity contribution is 7.99. The van der Waals surface area contributed by atoms with Crippen molar-refractivity contribution in [3.8, 4) is 0 Å². The number of carbonyl (C=O) groups excluding carboxylic acids is 1. The zero-order valence-corrected chi connectivity index (χ0v) is 16.1. The van der Waals surface area contributed by atoms with Crippen molar-refractivity contribution >= 4 is 29.3 Å². The highest BCUT2D eigenvalue weighted by Crippen LogP contribution is 2.25. The van der Waals surface area contributed by atoms with Gasteiger partial charge in [0.2, 0.25) is 5.91 Å². The van der Waals surface area contributed by atoms with Crippen LogP contribution < -0.4 is 5.32 Å². The number of aryl methyl sites for hydroxylation is 2. The summed E-state index contributed by atoms with van der Waals surface area (Å²) in [5.41, 5.74) is 5.21. The van der Waals surface area contributed by atoms with Gasteiger partial charge in [-0.25, -0.2) is 0 Å². The maximum absolute atomic E-state index is 12.2. The van der Waals surface area contributed by atoms with Gasteiger partial charge in [0.05, 0.1) is 11.8 Å². The lowest BCUT2D eigenvalue weighted by atomic mass is 9.89. The van der Waals surface area contributed by atoms with Crippen molar-refractivity contribution in [3.63, 3.8) is 0 Å². The Morgan fingerprint density at radius 3 is 2.72 bits per heavy atom. The molecule has 2 nitrogen and oxygen atoms in total. The van der Waals surface area contributed by atoms with E-state index >= 15 is 0 Å². The van der Waals surface area contributed by atoms with E-state index in [0.717, 1.165) is 22.8 Å². The number of halogens is 1. The van der Waals surface area contributed by atoms with Crippen LogP contribution >= 0.6 is 23.4 Å². The van der Waals surface area contributed by atoms with Crippen LogP contribution in [0, 0.1) is 0 Å². The normalized spacial score (nSPS) is 14.6. The zero-order valence-electron chi connectivity index (χ0n) is 14.6. The molecule has 1 atom stereocenters. The van der Waals surface area contributed by atoms with Crippen molar-refractivity contribution in [1.82, 2.24) is 5.32 Å². The second-order valence-electron chi connectivity index (χ2n) is 6.61. The Hall–Kier alpha value is -1.45. The molecule has 2 aromatic rings. The van der Waals surface area contributed by atoms with E-state index in [1.165, 1.54) is 36.0 Å². The van der Waals surface area contributed by atoms with Crippen LogP contribution in [0.15, 0.2) is 42.5 Å². The van der Waals surface area contributed by atoms with Gasteiger partial charge in [0, 0.05) is 10.8 Å². The summed E-state index contributed by atoms with van der Waals surface area (Å²) in [5.74, 6) is 1.27. The molecule has 3 rings (SSSR count). The van der Waals surface area contributed by atoms with Crippen LogP contribution in [0.1, 0.15) is 48.1 Å². The van der Waals surface area contributed by atoms with Crippen LogP contribution in [-0.2, 0) is 23.4 Å². The van der Waals surface area contributed by atoms with Crippen molar-refractivity contribution in [1.29, 1.82) is 0 Å². The molecule has 0 saturated heterocycles. The highest BCUT2D eigenvalue weighted by Gasteiger charge is 2.14. The smallest absolute Gasteiger partial charge is 0.230 e. The molecule has 1 N–H and O–H groups in total. The number of hydrogen-bond acceptors (Lipinski definition) is 2. The maximum Gasteiger partial charge on any atom is 0.230 e. The number of carbonyl (C=O) groups is 1. The molecule has 0 fully saturated rings. The average molecular weight is 374 g/mol. The molecule has 1 aliphatic rings. The van der Waals surface area contributed by atoms with Crippen molar-refractivity contribution in [2.24, 2.45) is 0 Å². The molecule has 1 unspecified atom stereocenters. The minimum absolute atomic E-state index is 0.0423. The van der Waals surface area contributed by atoms with Gasteiger partial charge in [0.25, 0.3) is 0 Å². The molecule has 0 bridgehead atoms. The van der Waals surface area contributed by atoms with Gasteiger partial charge in [-0.2, -0.15) is 0 Å². The van der Waals surface area contributed by atoms with Crippen molar-refractivity contribution in [2.75, 3.05) is 5.75 Å². The van der Waals surface area contributed by atoms with E-state index in [2.05, 4.69) is 30.4 Å². The quantitative estimate of drug-likeness (QED) is 0.741. The Morgan fingerprint density at radius 2 is 1.92 bits per heavy atom. The molecule has 2 aromatic carbocycles. The van der Waals surface area contributed by atoms with Crippen LogP contribution in [0.2, 0.25) is 5.02 Å². The van der Waals surface area contributed by atoms with Crippen LogP contribution in [0.3, 0.4) is 0 Å². The summed E-state index contributed by atoms with van der Waals surface area (Å²) >= 11 is 7.74. The van der Waals surface area contributed by atoms with Gasteiger partial charge in [-0.1, -0.05) is 48.0 Å². The van der Waals surface area contributed by atoms with Gasteiger partial charge >= 0.3 is 0 Å². The van der Waals surface area contributed by atoms with Crippen LogP contribution in [0.25, 0.3) is 0 Å². The SMILES string of the molecule is CC(NC(=O)CSCc1ccccc1Cl)c1ccc2c(c1)CCCC2. The van der Waals surface area contributed by atoms with Crippen molar-refractivity contribution < 1.29 is 4.79 Å². The Kier molecular flexibility index (Phi) is 6.44. The largest absolute Gasteiger partial charge is 0.349 e. The van der Waals surface area contributed by atoms with Crippen LogP contribution in [-0.4, -0.2) is 11.7 Å². The molecule has 1 aliphatic carbocycles. The summed E-state index contributed by atoms with van der Waals surface area (Å²) in [5, 5.41) is 3.87. The molecule has 0 saturated carbocycles. The van der Waals surface area contributed by atoms with Gasteiger partial charge in [-0.3, -0.25) is 4.79 Å². The molecule has 4 heteroatoms. The van der Waals surface area contributed by atoms with Gasteiger partial charge in [0.1, 0.15) is 0 Å². The first kappa shape index (κ1) is 18.3. The number of rotatable bonds is 6. The monoisotopic (exact) mass is 373 g/mol. The Bertz CT molecular complexity index is 746. The summed E-state index contributed by atoms with van der Waals surface area (Å²) in [4.78, 5) is 12.2. The predicted octanol–water partition coefficient (Wildman–Crippen LogP) is 5.33. The second-order valence-corrected chi connectivity index (χ2v) is 8.00. The van der Waals surface area contributed by atoms with Crippen molar-refractivity contribution in [2.45, 2.75) is 44.4 Å². The third kappa shape index (κ3) is 5.02. The molecule has 0 spiro atoms. The summed E-state index contributed by atoms with van der Waals surface area (Å²) < 4.78 is 0. The molecule has 0 heterocycles. The minimum Gasteiger partial charge on any atom is -0.349 e. The lowest BCUT2D eigenvalue weighted by Crippen LogP contribution is -2.28. The first-order valence-electron chi connectivity index (χ1n) is 8.85. The van der Waals surface area contributed by atoms with Gasteiger partial charge in [0.15, 0.2) is 0 Å². The summed E-state index contributed by atoms with van der Waals surface area (Å²) in [6.45, 7) is 2.06. The third-order valence-corrected chi connectivity index (χ3v) is 6.05. The molecule has 0 radical (unpaired) electrons. The van der Waals surface area contributed by atoms with Gasteiger partial charge < -0.3 is 5.32 Å². The number of benzene rings is 2. The Balaban J connectivity index is 1.50. The lowest BCUT2D eigenvalue weighted by molar-refractivity contribution is -0.119. The first-order chi connectivity index (χ1) is 12.1. The van der Waals surface area contributed by atoms with E-state index in [1.54, 1.807) is 11.8 Å². The van der Waals surface area contributed by atoms with Gasteiger partial charge in [-0.15, -0.1) is 11.8 Å². The molecule has 1 amide bonds. The number of hydrogen-bond donors (Lipinski definition) is 1. The number of nitrogens with one attached hydrogen (secondary N) is 1. The minimum atomic E-state index is 0.0423. The van der Waals surface area contributed by atoms with Crippen LogP contribution in [0.5, 0.6) is 0 Å². The molecular formula is C21H24ClNOS. The van der Waals surface area contributed by atoms with E-state index < -0.39 is 0 Å². The second kappa shape index (κ2) is 8.77. The van der Waals surface area contributed by atoms with Gasteiger partial charge in [-0.05, 0) is 60.9 Å². The van der Waals surface area contributed by atoms with E-state index in [9.17, 15) is 4.79 Å². The number of thioether (sulfide) groups is 1. The lowest BCUT2D eigenvalue weighted by Gasteiger charge is -2.20. The summed E-state index contributed by atoms with van der Waals surface area (Å²) in [6, 6.07) is 14.5. The fourth-order valence-corrected chi connectivity index (χ4v) is 4.38. The summed E-state index contributed by atoms with van der Waals surface area (Å²) in [6.07, 6.45) is 4.92. The highest BCUT2D eigenvalue weighted by atomic mass is 35.5. The predicted molar refractivity (Wildman–Crippen MR) is 107 cm³/mol. The fraction of sp³-hybridized carbons (Fsp3) is 0.381. The molecular weight excluding hydrogens is 350 g/mol. The standard InChI is InChI=1S/C21H24ClNOS/c1-15(17-11-10-16-6-2-3-7-18(16)12-17)23-21(24)14-25-13-19-8-4-5-9-20(19)22/h4-5,8-12,15H,2-3,6-7,13-14H2,1H3,(H,23,24). The average Bonchev–Trinajstić information content (AvgIpc) is 2.63. The van der Waals surface area contributed by atoms with Crippen molar-refractivity contribution in [3.05, 3.63) is 69.7 Å². The molecule has 0 aliphatic heterocycles. The maximum atomic E-state index is 12.2. The first-order valence-corrected chi connectivity index (χ1v) is 10.4. The molecule has 25 heavy (non-hydrogen) atoms. The Morgan fingerprint density at radius 1 is 1.16 bits per heavy atom. The van der Waals surface area contributed by atoms with E-state index in [-0.39, 0.29) is 11.9 Å².